The molecule has 6 heteroatoms. The first-order valence-corrected chi connectivity index (χ1v) is 7.32. The van der Waals surface area contributed by atoms with Gasteiger partial charge in [-0.25, -0.2) is 17.5 Å². The van der Waals surface area contributed by atoms with E-state index in [1.54, 1.807) is 28.6 Å². The molecule has 106 valence electrons. The molecule has 1 aromatic heterocycles. The van der Waals surface area contributed by atoms with E-state index in [0.717, 1.165) is 17.5 Å². The number of nitrogens with zero attached hydrogens (tertiary/aromatic N) is 3. The van der Waals surface area contributed by atoms with Gasteiger partial charge >= 0.3 is 0 Å². The van der Waals surface area contributed by atoms with Crippen molar-refractivity contribution in [3.63, 3.8) is 0 Å². The highest BCUT2D eigenvalue weighted by Crippen LogP contribution is 2.12. The van der Waals surface area contributed by atoms with Crippen LogP contribution in [0.1, 0.15) is 17.1 Å². The van der Waals surface area contributed by atoms with Gasteiger partial charge in [-0.15, -0.1) is 0 Å². The Kier molecular flexibility index (Phi) is 4.81. The minimum absolute atomic E-state index is 0.161. The van der Waals surface area contributed by atoms with Crippen LogP contribution in [0.25, 0.3) is 0 Å². The molecule has 2 aromatic rings. The highest BCUT2D eigenvalue weighted by molar-refractivity contribution is 7.81. The number of carbonyl (C=O) groups excluding carboxylic acids is 1. The van der Waals surface area contributed by atoms with Crippen LogP contribution in [-0.4, -0.2) is 37.9 Å². The second kappa shape index (κ2) is 6.58. The Morgan fingerprint density at radius 1 is 1.30 bits per heavy atom. The van der Waals surface area contributed by atoms with Crippen LogP contribution in [0, 0.1) is 0 Å². The van der Waals surface area contributed by atoms with Crippen molar-refractivity contribution in [3.8, 4) is 0 Å². The summed E-state index contributed by atoms with van der Waals surface area (Å²) in [5.41, 5.74) is 1.94. The van der Waals surface area contributed by atoms with E-state index in [1.165, 1.54) is 0 Å². The van der Waals surface area contributed by atoms with Crippen LogP contribution >= 0.6 is 0 Å². The van der Waals surface area contributed by atoms with Crippen molar-refractivity contribution in [2.75, 3.05) is 14.1 Å². The first-order valence-electron chi connectivity index (χ1n) is 6.26. The number of hydrogen-bond donors (Lipinski definition) is 0. The molecular weight excluding hydrogens is 274 g/mol. The number of hydrogen-bond acceptors (Lipinski definition) is 3. The molecule has 0 aliphatic heterocycles. The van der Waals surface area contributed by atoms with E-state index in [2.05, 4.69) is 4.98 Å². The number of benzene rings is 1. The SMILES string of the molecule is CN(C)S(=O)n1cc(Cc2ccccc2)nc1CC=O. The summed E-state index contributed by atoms with van der Waals surface area (Å²) in [4.78, 5) is 15.1. The summed E-state index contributed by atoms with van der Waals surface area (Å²) in [5, 5.41) is 0. The summed E-state index contributed by atoms with van der Waals surface area (Å²) in [5.74, 6) is 0.526. The lowest BCUT2D eigenvalue weighted by atomic mass is 10.1. The molecular formula is C14H17N3O2S. The molecule has 20 heavy (non-hydrogen) atoms. The summed E-state index contributed by atoms with van der Waals surface area (Å²) in [6.07, 6.45) is 3.35. The number of carbonyl (C=O) groups is 1. The minimum atomic E-state index is -1.36. The lowest BCUT2D eigenvalue weighted by Gasteiger charge is -2.10. The lowest BCUT2D eigenvalue weighted by molar-refractivity contribution is -0.107. The maximum atomic E-state index is 12.1. The molecule has 0 bridgehead atoms. The lowest BCUT2D eigenvalue weighted by Crippen LogP contribution is -2.23. The molecule has 1 atom stereocenters. The molecule has 0 N–H and O–H groups in total. The van der Waals surface area contributed by atoms with Gasteiger partial charge in [-0.2, -0.15) is 0 Å². The van der Waals surface area contributed by atoms with Crippen molar-refractivity contribution >= 4 is 17.5 Å². The first-order chi connectivity index (χ1) is 9.61. The van der Waals surface area contributed by atoms with Crippen molar-refractivity contribution in [2.45, 2.75) is 12.8 Å². The highest BCUT2D eigenvalue weighted by atomic mass is 32.2. The van der Waals surface area contributed by atoms with Gasteiger partial charge in [0.15, 0.2) is 0 Å². The predicted molar refractivity (Wildman–Crippen MR) is 78.5 cm³/mol. The topological polar surface area (TPSA) is 55.2 Å². The molecule has 0 spiro atoms. The number of aromatic nitrogens is 2. The molecule has 0 saturated heterocycles. The molecule has 1 heterocycles. The Bertz CT molecular complexity index is 608. The second-order valence-electron chi connectivity index (χ2n) is 4.55. The summed E-state index contributed by atoms with van der Waals surface area (Å²) >= 11 is -1.36. The monoisotopic (exact) mass is 291 g/mol. The third-order valence-electron chi connectivity index (χ3n) is 2.77. The second-order valence-corrected chi connectivity index (χ2v) is 6.14. The average Bonchev–Trinajstić information content (AvgIpc) is 2.82. The largest absolute Gasteiger partial charge is 0.303 e. The van der Waals surface area contributed by atoms with Crippen LogP contribution in [0.15, 0.2) is 36.5 Å². The minimum Gasteiger partial charge on any atom is -0.303 e. The molecule has 0 radical (unpaired) electrons. The zero-order valence-electron chi connectivity index (χ0n) is 11.5. The van der Waals surface area contributed by atoms with Gasteiger partial charge in [0.2, 0.25) is 11.2 Å². The van der Waals surface area contributed by atoms with Crippen molar-refractivity contribution < 1.29 is 9.00 Å². The zero-order valence-corrected chi connectivity index (χ0v) is 12.3. The van der Waals surface area contributed by atoms with Gasteiger partial charge in [0.25, 0.3) is 0 Å². The van der Waals surface area contributed by atoms with Gasteiger partial charge in [-0.1, -0.05) is 30.3 Å². The van der Waals surface area contributed by atoms with Crippen molar-refractivity contribution in [2.24, 2.45) is 0 Å². The first kappa shape index (κ1) is 14.6. The quantitative estimate of drug-likeness (QED) is 0.752. The average molecular weight is 291 g/mol. The highest BCUT2D eigenvalue weighted by Gasteiger charge is 2.14. The van der Waals surface area contributed by atoms with E-state index in [4.69, 9.17) is 0 Å². The summed E-state index contributed by atoms with van der Waals surface area (Å²) in [7, 11) is 3.44. The van der Waals surface area contributed by atoms with E-state index in [0.29, 0.717) is 12.2 Å². The normalized spacial score (nSPS) is 12.6. The molecule has 0 saturated carbocycles. The molecule has 2 rings (SSSR count). The molecule has 1 aromatic carbocycles. The Hall–Kier alpha value is -1.79. The molecule has 0 aliphatic carbocycles. The predicted octanol–water partition coefficient (Wildman–Crippen LogP) is 1.20. The third-order valence-corrected chi connectivity index (χ3v) is 4.05. The van der Waals surface area contributed by atoms with Gasteiger partial charge in [-0.3, -0.25) is 0 Å². The number of aldehydes is 1. The molecule has 0 fully saturated rings. The fraction of sp³-hybridized carbons (Fsp3) is 0.286. The smallest absolute Gasteiger partial charge is 0.203 e. The van der Waals surface area contributed by atoms with Crippen LogP contribution < -0.4 is 0 Å². The Balaban J connectivity index is 2.29. The molecule has 0 amide bonds. The van der Waals surface area contributed by atoms with E-state index in [1.807, 2.05) is 30.3 Å². The van der Waals surface area contributed by atoms with Crippen LogP contribution in [0.3, 0.4) is 0 Å². The van der Waals surface area contributed by atoms with E-state index >= 15 is 0 Å². The Morgan fingerprint density at radius 2 is 2.00 bits per heavy atom. The van der Waals surface area contributed by atoms with Crippen molar-refractivity contribution in [3.05, 3.63) is 53.6 Å². The van der Waals surface area contributed by atoms with Gasteiger partial charge in [0.1, 0.15) is 12.1 Å². The van der Waals surface area contributed by atoms with Crippen LogP contribution in [0.5, 0.6) is 0 Å². The fourth-order valence-electron chi connectivity index (χ4n) is 1.87. The standard InChI is InChI=1S/C14H17N3O2S/c1-16(2)20(19)17-11-13(15-14(17)8-9-18)10-12-6-4-3-5-7-12/h3-7,9,11H,8,10H2,1-2H3. The maximum Gasteiger partial charge on any atom is 0.203 e. The molecule has 5 nitrogen and oxygen atoms in total. The Morgan fingerprint density at radius 3 is 2.60 bits per heavy atom. The van der Waals surface area contributed by atoms with E-state index in [9.17, 15) is 9.00 Å². The van der Waals surface area contributed by atoms with E-state index in [-0.39, 0.29) is 6.42 Å². The van der Waals surface area contributed by atoms with Gasteiger partial charge in [-0.05, 0) is 5.56 Å². The summed E-state index contributed by atoms with van der Waals surface area (Å²) in [6, 6.07) is 9.93. The van der Waals surface area contributed by atoms with Gasteiger partial charge < -0.3 is 4.79 Å². The van der Waals surface area contributed by atoms with Gasteiger partial charge in [0.05, 0.1) is 12.1 Å². The maximum absolute atomic E-state index is 12.1. The fourth-order valence-corrected chi connectivity index (χ4v) is 2.72. The van der Waals surface area contributed by atoms with Crippen LogP contribution in [0.4, 0.5) is 0 Å². The van der Waals surface area contributed by atoms with E-state index < -0.39 is 11.2 Å². The molecule has 1 unspecified atom stereocenters. The summed E-state index contributed by atoms with van der Waals surface area (Å²) < 4.78 is 15.3. The molecule has 0 aliphatic rings. The van der Waals surface area contributed by atoms with Crippen molar-refractivity contribution in [1.29, 1.82) is 0 Å². The number of imidazole rings is 1. The summed E-state index contributed by atoms with van der Waals surface area (Å²) in [6.45, 7) is 0. The number of rotatable bonds is 6. The van der Waals surface area contributed by atoms with Crippen LogP contribution in [0.2, 0.25) is 0 Å². The Labute approximate surface area is 121 Å². The zero-order chi connectivity index (χ0) is 14.5. The third kappa shape index (κ3) is 3.40. The van der Waals surface area contributed by atoms with Crippen molar-refractivity contribution in [1.82, 2.24) is 13.3 Å². The van der Waals surface area contributed by atoms with Gasteiger partial charge in [0, 0.05) is 26.7 Å². The van der Waals surface area contributed by atoms with Crippen LogP contribution in [-0.2, 0) is 28.8 Å².